The van der Waals surface area contributed by atoms with Gasteiger partial charge in [-0.25, -0.2) is 4.98 Å². The Kier molecular flexibility index (Phi) is 6.54. The van der Waals surface area contributed by atoms with Crippen LogP contribution >= 0.6 is 0 Å². The van der Waals surface area contributed by atoms with Crippen molar-refractivity contribution in [1.29, 1.82) is 0 Å². The third-order valence-corrected chi connectivity index (χ3v) is 5.86. The van der Waals surface area contributed by atoms with Gasteiger partial charge in [0.15, 0.2) is 0 Å². The minimum Gasteiger partial charge on any atom is -0.382 e. The molecule has 1 unspecified atom stereocenters. The van der Waals surface area contributed by atoms with Gasteiger partial charge in [-0.15, -0.1) is 0 Å². The lowest BCUT2D eigenvalue weighted by Crippen LogP contribution is -2.20. The van der Waals surface area contributed by atoms with Crippen LogP contribution in [0, 0.1) is 0 Å². The summed E-state index contributed by atoms with van der Waals surface area (Å²) >= 11 is 0. The first kappa shape index (κ1) is 23.3. The highest BCUT2D eigenvalue weighted by molar-refractivity contribution is 6.08. The number of H-pyrrole nitrogens is 1. The summed E-state index contributed by atoms with van der Waals surface area (Å²) < 4.78 is 0. The van der Waals surface area contributed by atoms with Crippen molar-refractivity contribution < 1.29 is 4.79 Å². The quantitative estimate of drug-likeness (QED) is 0.256. The number of rotatable bonds is 7. The predicted octanol–water partition coefficient (Wildman–Crippen LogP) is 6.46. The predicted molar refractivity (Wildman–Crippen MR) is 140 cm³/mol. The van der Waals surface area contributed by atoms with Crippen LogP contribution in [-0.2, 0) is 5.41 Å². The fraction of sp³-hybridized carbons (Fsp3) is 0.296. The molecule has 1 atom stereocenters. The largest absolute Gasteiger partial charge is 0.382 e. The number of carbonyl (C=O) groups excluding carboxylic acids is 1. The monoisotopic (exact) mass is 456 g/mol. The summed E-state index contributed by atoms with van der Waals surface area (Å²) in [5.41, 5.74) is 5.15. The van der Waals surface area contributed by atoms with E-state index in [1.807, 2.05) is 30.3 Å². The van der Waals surface area contributed by atoms with Gasteiger partial charge in [-0.2, -0.15) is 5.10 Å². The van der Waals surface area contributed by atoms with Crippen molar-refractivity contribution in [2.45, 2.75) is 52.5 Å². The van der Waals surface area contributed by atoms with Gasteiger partial charge in [0.05, 0.1) is 17.3 Å². The molecule has 1 amide bonds. The molecule has 2 aromatic carbocycles. The molecule has 4 rings (SSSR count). The van der Waals surface area contributed by atoms with E-state index >= 15 is 0 Å². The molecular formula is C27H32N6O. The summed E-state index contributed by atoms with van der Waals surface area (Å²) in [6.45, 7) is 10.9. The van der Waals surface area contributed by atoms with E-state index in [1.165, 1.54) is 5.56 Å². The van der Waals surface area contributed by atoms with E-state index in [1.54, 1.807) is 24.5 Å². The van der Waals surface area contributed by atoms with Crippen LogP contribution in [0.3, 0.4) is 0 Å². The van der Waals surface area contributed by atoms with Gasteiger partial charge in [0, 0.05) is 34.7 Å². The first-order valence-corrected chi connectivity index (χ1v) is 11.6. The molecule has 7 heteroatoms. The highest BCUT2D eigenvalue weighted by atomic mass is 16.1. The molecule has 7 nitrogen and oxygen atoms in total. The number of aromatic nitrogens is 3. The van der Waals surface area contributed by atoms with Gasteiger partial charge in [-0.05, 0) is 66.8 Å². The average molecular weight is 457 g/mol. The van der Waals surface area contributed by atoms with E-state index in [0.29, 0.717) is 17.4 Å². The summed E-state index contributed by atoms with van der Waals surface area (Å²) in [7, 11) is 0. The Labute approximate surface area is 200 Å². The minimum absolute atomic E-state index is 0.0193. The summed E-state index contributed by atoms with van der Waals surface area (Å²) in [6, 6.07) is 15.7. The average Bonchev–Trinajstić information content (AvgIpc) is 3.26. The zero-order valence-corrected chi connectivity index (χ0v) is 20.4. The molecule has 0 fully saturated rings. The Morgan fingerprint density at radius 1 is 1.09 bits per heavy atom. The molecular weight excluding hydrogens is 424 g/mol. The molecule has 4 N–H and O–H groups in total. The van der Waals surface area contributed by atoms with E-state index in [4.69, 9.17) is 0 Å². The lowest BCUT2D eigenvalue weighted by atomic mass is 9.85. The van der Waals surface area contributed by atoms with Crippen molar-refractivity contribution in [2.75, 3.05) is 16.0 Å². The van der Waals surface area contributed by atoms with Crippen LogP contribution in [0.25, 0.3) is 10.9 Å². The van der Waals surface area contributed by atoms with Gasteiger partial charge in [-0.1, -0.05) is 33.8 Å². The van der Waals surface area contributed by atoms with E-state index < -0.39 is 0 Å². The molecule has 4 aromatic rings. The summed E-state index contributed by atoms with van der Waals surface area (Å²) in [5.74, 6) is 0.263. The van der Waals surface area contributed by atoms with Crippen molar-refractivity contribution in [3.8, 4) is 0 Å². The Hall–Kier alpha value is -3.87. The number of fused-ring (bicyclic) bond motifs is 1. The highest BCUT2D eigenvalue weighted by Gasteiger charge is 2.20. The normalized spacial score (nSPS) is 12.4. The minimum atomic E-state index is -0.226. The second-order valence-corrected chi connectivity index (χ2v) is 9.61. The first-order valence-electron chi connectivity index (χ1n) is 11.6. The third kappa shape index (κ3) is 5.20. The maximum atomic E-state index is 13.2. The van der Waals surface area contributed by atoms with Crippen molar-refractivity contribution >= 4 is 39.7 Å². The van der Waals surface area contributed by atoms with Crippen molar-refractivity contribution in [2.24, 2.45) is 0 Å². The summed E-state index contributed by atoms with van der Waals surface area (Å²) in [5, 5.41) is 17.9. The van der Waals surface area contributed by atoms with E-state index in [0.717, 1.165) is 34.4 Å². The number of aromatic amines is 1. The van der Waals surface area contributed by atoms with Crippen molar-refractivity contribution in [3.05, 3.63) is 72.1 Å². The van der Waals surface area contributed by atoms with Gasteiger partial charge >= 0.3 is 0 Å². The van der Waals surface area contributed by atoms with Crippen LogP contribution in [0.2, 0.25) is 0 Å². The second kappa shape index (κ2) is 9.55. The van der Waals surface area contributed by atoms with Crippen molar-refractivity contribution in [1.82, 2.24) is 15.2 Å². The number of carbonyl (C=O) groups is 1. The number of nitrogens with one attached hydrogen (secondary N) is 4. The number of hydrogen-bond donors (Lipinski definition) is 4. The number of hydrogen-bond acceptors (Lipinski definition) is 5. The fourth-order valence-corrected chi connectivity index (χ4v) is 3.80. The molecule has 0 bridgehead atoms. The zero-order valence-electron chi connectivity index (χ0n) is 20.4. The maximum absolute atomic E-state index is 13.2. The smallest absolute Gasteiger partial charge is 0.259 e. The molecule has 2 heterocycles. The highest BCUT2D eigenvalue weighted by Crippen LogP contribution is 2.33. The van der Waals surface area contributed by atoms with Crippen LogP contribution in [0.15, 0.2) is 60.9 Å². The van der Waals surface area contributed by atoms with Gasteiger partial charge in [-0.3, -0.25) is 9.89 Å². The van der Waals surface area contributed by atoms with Crippen LogP contribution in [0.4, 0.5) is 22.9 Å². The number of pyridine rings is 1. The SMILES string of the molecule is CCC(C)Nc1cc(NC(=O)c2cccnc2Nc2ccc3cn[nH]c3c2)ccc1C(C)(C)C. The molecule has 0 saturated carbocycles. The van der Waals surface area contributed by atoms with Crippen molar-refractivity contribution in [3.63, 3.8) is 0 Å². The lowest BCUT2D eigenvalue weighted by Gasteiger charge is -2.26. The molecule has 2 aromatic heterocycles. The van der Waals surface area contributed by atoms with Gasteiger partial charge in [0.2, 0.25) is 0 Å². The zero-order chi connectivity index (χ0) is 24.3. The van der Waals surface area contributed by atoms with Gasteiger partial charge in [0.25, 0.3) is 5.91 Å². The van der Waals surface area contributed by atoms with Crippen LogP contribution in [0.1, 0.15) is 57.0 Å². The molecule has 0 aliphatic heterocycles. The van der Waals surface area contributed by atoms with Crippen LogP contribution in [-0.4, -0.2) is 27.1 Å². The van der Waals surface area contributed by atoms with E-state index in [-0.39, 0.29) is 11.3 Å². The topological polar surface area (TPSA) is 94.7 Å². The van der Waals surface area contributed by atoms with E-state index in [9.17, 15) is 4.79 Å². The number of amides is 1. The maximum Gasteiger partial charge on any atom is 0.259 e. The number of benzene rings is 2. The standard InChI is InChI=1S/C27H32N6O/c1-6-17(2)30-24-15-20(11-12-22(24)27(3,4)5)32-26(34)21-8-7-13-28-25(21)31-19-10-9-18-16-29-33-23(18)14-19/h7-17,30H,6H2,1-5H3,(H,28,31)(H,29,33)(H,32,34). The molecule has 34 heavy (non-hydrogen) atoms. The molecule has 0 aliphatic carbocycles. The number of nitrogens with zero attached hydrogens (tertiary/aromatic N) is 2. The Morgan fingerprint density at radius 3 is 2.65 bits per heavy atom. The fourth-order valence-electron chi connectivity index (χ4n) is 3.80. The first-order chi connectivity index (χ1) is 16.2. The Bertz CT molecular complexity index is 1300. The molecule has 0 saturated heterocycles. The van der Waals surface area contributed by atoms with Crippen LogP contribution < -0.4 is 16.0 Å². The van der Waals surface area contributed by atoms with Gasteiger partial charge in [0.1, 0.15) is 5.82 Å². The van der Waals surface area contributed by atoms with Gasteiger partial charge < -0.3 is 16.0 Å². The Balaban J connectivity index is 1.58. The lowest BCUT2D eigenvalue weighted by molar-refractivity contribution is 0.102. The molecule has 0 radical (unpaired) electrons. The molecule has 0 aliphatic rings. The molecule has 0 spiro atoms. The summed E-state index contributed by atoms with van der Waals surface area (Å²) in [6.07, 6.45) is 4.45. The van der Waals surface area contributed by atoms with Crippen LogP contribution in [0.5, 0.6) is 0 Å². The second-order valence-electron chi connectivity index (χ2n) is 9.61. The molecule has 176 valence electrons. The van der Waals surface area contributed by atoms with E-state index in [2.05, 4.69) is 71.8 Å². The summed E-state index contributed by atoms with van der Waals surface area (Å²) in [4.78, 5) is 17.6. The third-order valence-electron chi connectivity index (χ3n) is 5.86. The number of anilines is 4. The Morgan fingerprint density at radius 2 is 1.88 bits per heavy atom.